The zero-order valence-corrected chi connectivity index (χ0v) is 14.8. The largest absolute Gasteiger partial charge is 0.494 e. The van der Waals surface area contributed by atoms with Gasteiger partial charge in [-0.1, -0.05) is 11.8 Å². The molecule has 0 aliphatic heterocycles. The number of hydrogen-bond acceptors (Lipinski definition) is 5. The highest BCUT2D eigenvalue weighted by Gasteiger charge is 2.23. The van der Waals surface area contributed by atoms with Gasteiger partial charge < -0.3 is 14.6 Å². The number of amides is 1. The standard InChI is InChI=1S/C17H22N4O2S/c1-3-21-16(12-5-9-14(10-6-12)23-4-2)19-20-17(21)24-11-15(22)18-13-7-8-13/h5-6,9-10,13H,3-4,7-8,11H2,1-2H3,(H,18,22). The molecule has 0 radical (unpaired) electrons. The summed E-state index contributed by atoms with van der Waals surface area (Å²) in [5, 5.41) is 12.3. The van der Waals surface area contributed by atoms with Crippen molar-refractivity contribution in [3.8, 4) is 17.1 Å². The minimum atomic E-state index is 0.0655. The molecule has 0 atom stereocenters. The summed E-state index contributed by atoms with van der Waals surface area (Å²) < 4.78 is 7.50. The van der Waals surface area contributed by atoms with E-state index in [1.807, 2.05) is 35.8 Å². The van der Waals surface area contributed by atoms with Gasteiger partial charge in [0.15, 0.2) is 11.0 Å². The molecule has 2 aromatic rings. The molecule has 1 N–H and O–H groups in total. The van der Waals surface area contributed by atoms with E-state index in [1.165, 1.54) is 11.8 Å². The maximum Gasteiger partial charge on any atom is 0.230 e. The lowest BCUT2D eigenvalue weighted by molar-refractivity contribution is -0.118. The summed E-state index contributed by atoms with van der Waals surface area (Å²) in [6.07, 6.45) is 2.20. The predicted molar refractivity (Wildman–Crippen MR) is 94.2 cm³/mol. The summed E-state index contributed by atoms with van der Waals surface area (Å²) in [4.78, 5) is 11.8. The van der Waals surface area contributed by atoms with Gasteiger partial charge in [0.05, 0.1) is 12.4 Å². The highest BCUT2D eigenvalue weighted by molar-refractivity contribution is 7.99. The lowest BCUT2D eigenvalue weighted by atomic mass is 10.2. The van der Waals surface area contributed by atoms with Gasteiger partial charge in [0.2, 0.25) is 5.91 Å². The highest BCUT2D eigenvalue weighted by atomic mass is 32.2. The number of thioether (sulfide) groups is 1. The summed E-state index contributed by atoms with van der Waals surface area (Å²) in [5.74, 6) is 2.09. The second-order valence-electron chi connectivity index (χ2n) is 5.64. The molecule has 1 saturated carbocycles. The van der Waals surface area contributed by atoms with Crippen LogP contribution in [0.1, 0.15) is 26.7 Å². The van der Waals surface area contributed by atoms with Crippen LogP contribution in [0.4, 0.5) is 0 Å². The van der Waals surface area contributed by atoms with Crippen LogP contribution in [0.15, 0.2) is 29.4 Å². The van der Waals surface area contributed by atoms with Crippen molar-refractivity contribution in [3.05, 3.63) is 24.3 Å². The first-order valence-corrected chi connectivity index (χ1v) is 9.28. The van der Waals surface area contributed by atoms with Gasteiger partial charge in [-0.05, 0) is 51.0 Å². The molecule has 7 heteroatoms. The number of ether oxygens (including phenoxy) is 1. The van der Waals surface area contributed by atoms with Crippen LogP contribution < -0.4 is 10.1 Å². The monoisotopic (exact) mass is 346 g/mol. The molecular formula is C17H22N4O2S. The zero-order chi connectivity index (χ0) is 16.9. The maximum absolute atomic E-state index is 11.8. The minimum Gasteiger partial charge on any atom is -0.494 e. The molecule has 24 heavy (non-hydrogen) atoms. The van der Waals surface area contributed by atoms with Gasteiger partial charge in [-0.15, -0.1) is 10.2 Å². The van der Waals surface area contributed by atoms with Crippen LogP contribution in [0.25, 0.3) is 11.4 Å². The first-order chi connectivity index (χ1) is 11.7. The molecule has 0 bridgehead atoms. The average Bonchev–Trinajstić information content (AvgIpc) is 3.30. The van der Waals surface area contributed by atoms with Gasteiger partial charge in [-0.3, -0.25) is 4.79 Å². The fraction of sp³-hybridized carbons (Fsp3) is 0.471. The van der Waals surface area contributed by atoms with E-state index < -0.39 is 0 Å². The van der Waals surface area contributed by atoms with E-state index in [0.717, 1.165) is 41.7 Å². The highest BCUT2D eigenvalue weighted by Crippen LogP contribution is 2.26. The second-order valence-corrected chi connectivity index (χ2v) is 6.58. The number of carbonyl (C=O) groups is 1. The van der Waals surface area contributed by atoms with E-state index >= 15 is 0 Å². The second kappa shape index (κ2) is 7.70. The van der Waals surface area contributed by atoms with E-state index in [-0.39, 0.29) is 5.91 Å². The van der Waals surface area contributed by atoms with Gasteiger partial charge in [-0.2, -0.15) is 0 Å². The number of carbonyl (C=O) groups excluding carboxylic acids is 1. The fourth-order valence-corrected chi connectivity index (χ4v) is 3.20. The lowest BCUT2D eigenvalue weighted by Gasteiger charge is -2.08. The van der Waals surface area contributed by atoms with Gasteiger partial charge in [-0.25, -0.2) is 0 Å². The molecule has 3 rings (SSSR count). The van der Waals surface area contributed by atoms with Crippen LogP contribution in [-0.4, -0.2) is 39.1 Å². The third kappa shape index (κ3) is 4.08. The summed E-state index contributed by atoms with van der Waals surface area (Å²) in [6, 6.07) is 8.22. The van der Waals surface area contributed by atoms with E-state index in [2.05, 4.69) is 22.4 Å². The Morgan fingerprint density at radius 3 is 2.67 bits per heavy atom. The fourth-order valence-electron chi connectivity index (χ4n) is 2.39. The number of nitrogens with one attached hydrogen (secondary N) is 1. The van der Waals surface area contributed by atoms with E-state index in [9.17, 15) is 4.79 Å². The molecule has 1 amide bonds. The molecule has 0 spiro atoms. The first kappa shape index (κ1) is 16.8. The molecule has 0 unspecified atom stereocenters. The van der Waals surface area contributed by atoms with Crippen molar-refractivity contribution in [2.45, 2.75) is 44.4 Å². The van der Waals surface area contributed by atoms with Crippen molar-refractivity contribution in [1.82, 2.24) is 20.1 Å². The maximum atomic E-state index is 11.8. The molecule has 6 nitrogen and oxygen atoms in total. The molecule has 1 fully saturated rings. The average molecular weight is 346 g/mol. The SMILES string of the molecule is CCOc1ccc(-c2nnc(SCC(=O)NC3CC3)n2CC)cc1. The van der Waals surface area contributed by atoms with Crippen LogP contribution in [0.5, 0.6) is 5.75 Å². The van der Waals surface area contributed by atoms with Crippen molar-refractivity contribution in [1.29, 1.82) is 0 Å². The predicted octanol–water partition coefficient (Wildman–Crippen LogP) is 2.73. The smallest absolute Gasteiger partial charge is 0.230 e. The summed E-state index contributed by atoms with van der Waals surface area (Å²) in [5.41, 5.74) is 0.988. The molecule has 1 aromatic heterocycles. The van der Waals surface area contributed by atoms with Crippen LogP contribution in [0.3, 0.4) is 0 Å². The van der Waals surface area contributed by atoms with Gasteiger partial charge in [0, 0.05) is 18.2 Å². The number of rotatable bonds is 8. The van der Waals surface area contributed by atoms with Crippen LogP contribution in [-0.2, 0) is 11.3 Å². The Labute approximate surface area is 146 Å². The normalized spacial score (nSPS) is 13.8. The van der Waals surface area contributed by atoms with Crippen LogP contribution in [0.2, 0.25) is 0 Å². The summed E-state index contributed by atoms with van der Waals surface area (Å²) in [7, 11) is 0. The Hall–Kier alpha value is -2.02. The Kier molecular flexibility index (Phi) is 5.40. The van der Waals surface area contributed by atoms with Gasteiger partial charge >= 0.3 is 0 Å². The van der Waals surface area contributed by atoms with E-state index in [4.69, 9.17) is 4.74 Å². The van der Waals surface area contributed by atoms with E-state index in [1.54, 1.807) is 0 Å². The minimum absolute atomic E-state index is 0.0655. The van der Waals surface area contributed by atoms with Crippen molar-refractivity contribution in [2.24, 2.45) is 0 Å². The first-order valence-electron chi connectivity index (χ1n) is 8.29. The number of benzene rings is 1. The topological polar surface area (TPSA) is 69.0 Å². The molecule has 128 valence electrons. The van der Waals surface area contributed by atoms with Crippen molar-refractivity contribution in [3.63, 3.8) is 0 Å². The molecule has 1 aromatic carbocycles. The lowest BCUT2D eigenvalue weighted by Crippen LogP contribution is -2.27. The summed E-state index contributed by atoms with van der Waals surface area (Å²) in [6.45, 7) is 5.41. The molecule has 1 aliphatic carbocycles. The molecule has 1 aliphatic rings. The molecule has 0 saturated heterocycles. The number of hydrogen-bond donors (Lipinski definition) is 1. The summed E-state index contributed by atoms with van der Waals surface area (Å²) >= 11 is 1.43. The Balaban J connectivity index is 1.69. The number of nitrogens with zero attached hydrogens (tertiary/aromatic N) is 3. The quantitative estimate of drug-likeness (QED) is 0.744. The number of aromatic nitrogens is 3. The third-order valence-corrected chi connectivity index (χ3v) is 4.70. The molecule has 1 heterocycles. The Morgan fingerprint density at radius 1 is 1.29 bits per heavy atom. The van der Waals surface area contributed by atoms with Gasteiger partial charge in [0.25, 0.3) is 0 Å². The Morgan fingerprint density at radius 2 is 2.04 bits per heavy atom. The van der Waals surface area contributed by atoms with E-state index in [0.29, 0.717) is 18.4 Å². The Bertz CT molecular complexity index is 695. The van der Waals surface area contributed by atoms with Gasteiger partial charge in [0.1, 0.15) is 5.75 Å². The van der Waals surface area contributed by atoms with Crippen LogP contribution >= 0.6 is 11.8 Å². The van der Waals surface area contributed by atoms with Crippen LogP contribution in [0, 0.1) is 0 Å². The van der Waals surface area contributed by atoms with Crippen molar-refractivity contribution in [2.75, 3.05) is 12.4 Å². The zero-order valence-electron chi connectivity index (χ0n) is 14.0. The molecular weight excluding hydrogens is 324 g/mol. The third-order valence-electron chi connectivity index (χ3n) is 3.73. The van der Waals surface area contributed by atoms with Crippen molar-refractivity contribution >= 4 is 17.7 Å². The van der Waals surface area contributed by atoms with Crippen molar-refractivity contribution < 1.29 is 9.53 Å².